The fourth-order valence-corrected chi connectivity index (χ4v) is 3.24. The van der Waals surface area contributed by atoms with Crippen LogP contribution in [0.4, 0.5) is 4.39 Å². The van der Waals surface area contributed by atoms with Crippen LogP contribution in [0.25, 0.3) is 0 Å². The Balaban J connectivity index is 0.00000225. The smallest absolute Gasteiger partial charge is 0.223 e. The van der Waals surface area contributed by atoms with Crippen LogP contribution in [0.15, 0.2) is 48.8 Å². The zero-order valence-corrected chi connectivity index (χ0v) is 15.0. The molecule has 2 unspecified atom stereocenters. The van der Waals surface area contributed by atoms with Crippen LogP contribution in [0.1, 0.15) is 36.4 Å². The third-order valence-corrected chi connectivity index (χ3v) is 4.55. The average Bonchev–Trinajstić information content (AvgIpc) is 2.62. The van der Waals surface area contributed by atoms with Crippen molar-refractivity contribution < 1.29 is 9.18 Å². The predicted octanol–water partition coefficient (Wildman–Crippen LogP) is 3.31. The summed E-state index contributed by atoms with van der Waals surface area (Å²) in [6, 6.07) is 10.5. The van der Waals surface area contributed by atoms with E-state index in [2.05, 4.69) is 10.3 Å². The van der Waals surface area contributed by atoms with E-state index in [0.29, 0.717) is 25.1 Å². The number of aromatic nitrogens is 1. The Morgan fingerprint density at radius 2 is 2.16 bits per heavy atom. The van der Waals surface area contributed by atoms with Gasteiger partial charge in [0.15, 0.2) is 0 Å². The van der Waals surface area contributed by atoms with Crippen LogP contribution >= 0.6 is 12.4 Å². The maximum absolute atomic E-state index is 13.9. The van der Waals surface area contributed by atoms with Crippen molar-refractivity contribution in [3.05, 3.63) is 65.7 Å². The number of benzene rings is 1. The minimum Gasteiger partial charge on any atom is -0.333 e. The quantitative estimate of drug-likeness (QED) is 0.906. The monoisotopic (exact) mass is 363 g/mol. The Bertz CT molecular complexity index is 698. The summed E-state index contributed by atoms with van der Waals surface area (Å²) < 4.78 is 13.9. The molecule has 2 heterocycles. The Labute approximate surface area is 153 Å². The molecule has 0 saturated carbocycles. The molecule has 2 atom stereocenters. The van der Waals surface area contributed by atoms with E-state index in [1.807, 2.05) is 30.0 Å². The van der Waals surface area contributed by atoms with E-state index in [1.165, 1.54) is 6.07 Å². The van der Waals surface area contributed by atoms with Crippen molar-refractivity contribution in [3.63, 3.8) is 0 Å². The van der Waals surface area contributed by atoms with Gasteiger partial charge in [-0.25, -0.2) is 4.39 Å². The molecule has 3 rings (SSSR count). The number of hydrogen-bond acceptors (Lipinski definition) is 3. The lowest BCUT2D eigenvalue weighted by Crippen LogP contribution is -2.48. The lowest BCUT2D eigenvalue weighted by Gasteiger charge is -2.37. The van der Waals surface area contributed by atoms with Crippen LogP contribution in [-0.2, 0) is 4.79 Å². The van der Waals surface area contributed by atoms with Crippen molar-refractivity contribution in [1.29, 1.82) is 0 Å². The van der Waals surface area contributed by atoms with E-state index in [0.717, 1.165) is 12.1 Å². The van der Waals surface area contributed by atoms with Crippen LogP contribution in [0.3, 0.4) is 0 Å². The summed E-state index contributed by atoms with van der Waals surface area (Å²) in [5, 5.41) is 3.33. The van der Waals surface area contributed by atoms with E-state index in [-0.39, 0.29) is 36.1 Å². The van der Waals surface area contributed by atoms with Crippen molar-refractivity contribution in [2.24, 2.45) is 0 Å². The molecular weight excluding hydrogens is 341 g/mol. The molecule has 0 aliphatic carbocycles. The number of amides is 1. The number of carbonyl (C=O) groups excluding carboxylic acids is 1. The maximum atomic E-state index is 13.9. The van der Waals surface area contributed by atoms with E-state index < -0.39 is 0 Å². The standard InChI is InChI=1S/C19H22FN3O.ClH/c1-14(16-6-2-3-7-17(16)20)11-19(24)23-10-9-22-13-18(23)15-5-4-8-21-12-15;/h2-8,12,14,18,22H,9-11,13H2,1H3;1H. The Morgan fingerprint density at radius 3 is 2.88 bits per heavy atom. The molecule has 1 aliphatic rings. The molecule has 2 aromatic rings. The van der Waals surface area contributed by atoms with Gasteiger partial charge in [0.05, 0.1) is 6.04 Å². The highest BCUT2D eigenvalue weighted by molar-refractivity contribution is 5.85. The van der Waals surface area contributed by atoms with Crippen LogP contribution in [0, 0.1) is 5.82 Å². The van der Waals surface area contributed by atoms with Gasteiger partial charge in [-0.1, -0.05) is 31.2 Å². The van der Waals surface area contributed by atoms with Crippen LogP contribution in [-0.4, -0.2) is 35.4 Å². The molecule has 1 aliphatic heterocycles. The molecule has 6 heteroatoms. The molecule has 0 radical (unpaired) electrons. The van der Waals surface area contributed by atoms with Crippen LogP contribution in [0.5, 0.6) is 0 Å². The van der Waals surface area contributed by atoms with Gasteiger partial charge in [-0.3, -0.25) is 9.78 Å². The molecule has 1 fully saturated rings. The van der Waals surface area contributed by atoms with Gasteiger partial charge in [0.1, 0.15) is 5.82 Å². The van der Waals surface area contributed by atoms with Gasteiger partial charge in [-0.2, -0.15) is 0 Å². The topological polar surface area (TPSA) is 45.2 Å². The zero-order chi connectivity index (χ0) is 16.9. The Hall–Kier alpha value is -1.98. The summed E-state index contributed by atoms with van der Waals surface area (Å²) in [6.45, 7) is 4.04. The average molecular weight is 364 g/mol. The summed E-state index contributed by atoms with van der Waals surface area (Å²) in [6.07, 6.45) is 3.84. The molecular formula is C19H23ClFN3O. The third kappa shape index (κ3) is 4.55. The summed E-state index contributed by atoms with van der Waals surface area (Å²) >= 11 is 0. The maximum Gasteiger partial charge on any atom is 0.223 e. The second-order valence-corrected chi connectivity index (χ2v) is 6.22. The first-order chi connectivity index (χ1) is 11.7. The molecule has 25 heavy (non-hydrogen) atoms. The number of nitrogens with one attached hydrogen (secondary N) is 1. The molecule has 1 aromatic heterocycles. The lowest BCUT2D eigenvalue weighted by atomic mass is 9.95. The van der Waals surface area contributed by atoms with Gasteiger partial charge >= 0.3 is 0 Å². The molecule has 1 N–H and O–H groups in total. The highest BCUT2D eigenvalue weighted by Gasteiger charge is 2.29. The number of pyridine rings is 1. The fraction of sp³-hybridized carbons (Fsp3) is 0.368. The van der Waals surface area contributed by atoms with Crippen molar-refractivity contribution in [3.8, 4) is 0 Å². The summed E-state index contributed by atoms with van der Waals surface area (Å²) in [7, 11) is 0. The van der Waals surface area contributed by atoms with E-state index >= 15 is 0 Å². The SMILES string of the molecule is CC(CC(=O)N1CCNCC1c1cccnc1)c1ccccc1F.Cl. The van der Waals surface area contributed by atoms with Crippen molar-refractivity contribution in [2.75, 3.05) is 19.6 Å². The van der Waals surface area contributed by atoms with Crippen molar-refractivity contribution in [1.82, 2.24) is 15.2 Å². The highest BCUT2D eigenvalue weighted by atomic mass is 35.5. The van der Waals surface area contributed by atoms with Crippen LogP contribution < -0.4 is 5.32 Å². The minimum absolute atomic E-state index is 0. The molecule has 0 bridgehead atoms. The minimum atomic E-state index is -0.248. The third-order valence-electron chi connectivity index (χ3n) is 4.55. The first-order valence-electron chi connectivity index (χ1n) is 8.31. The number of halogens is 2. The highest BCUT2D eigenvalue weighted by Crippen LogP contribution is 2.27. The largest absolute Gasteiger partial charge is 0.333 e. The summed E-state index contributed by atoms with van der Waals surface area (Å²) in [5.74, 6) is -0.342. The lowest BCUT2D eigenvalue weighted by molar-refractivity contribution is -0.134. The molecule has 4 nitrogen and oxygen atoms in total. The molecule has 134 valence electrons. The Kier molecular flexibility index (Phi) is 6.91. The number of carbonyl (C=O) groups is 1. The molecule has 1 saturated heterocycles. The summed E-state index contributed by atoms with van der Waals surface area (Å²) in [4.78, 5) is 18.9. The van der Waals surface area contributed by atoms with Crippen molar-refractivity contribution in [2.45, 2.75) is 25.3 Å². The van der Waals surface area contributed by atoms with Gasteiger partial charge in [0.2, 0.25) is 5.91 Å². The fourth-order valence-electron chi connectivity index (χ4n) is 3.24. The number of hydrogen-bond donors (Lipinski definition) is 1. The van der Waals surface area contributed by atoms with Gasteiger partial charge in [0, 0.05) is 38.4 Å². The molecule has 1 aromatic carbocycles. The first kappa shape index (κ1) is 19.3. The normalized spacial score (nSPS) is 18.3. The number of nitrogens with zero attached hydrogens (tertiary/aromatic N) is 2. The van der Waals surface area contributed by atoms with Gasteiger partial charge in [-0.15, -0.1) is 12.4 Å². The van der Waals surface area contributed by atoms with Crippen LogP contribution in [0.2, 0.25) is 0 Å². The predicted molar refractivity (Wildman–Crippen MR) is 98.2 cm³/mol. The van der Waals surface area contributed by atoms with E-state index in [9.17, 15) is 9.18 Å². The Morgan fingerprint density at radius 1 is 1.36 bits per heavy atom. The summed E-state index contributed by atoms with van der Waals surface area (Å²) in [5.41, 5.74) is 1.62. The van der Waals surface area contributed by atoms with Crippen molar-refractivity contribution >= 4 is 18.3 Å². The van der Waals surface area contributed by atoms with E-state index in [4.69, 9.17) is 0 Å². The van der Waals surface area contributed by atoms with Gasteiger partial charge in [0.25, 0.3) is 0 Å². The second kappa shape index (κ2) is 8.92. The van der Waals surface area contributed by atoms with Gasteiger partial charge < -0.3 is 10.2 Å². The van der Waals surface area contributed by atoms with Gasteiger partial charge in [-0.05, 0) is 29.2 Å². The number of rotatable bonds is 4. The first-order valence-corrected chi connectivity index (χ1v) is 8.31. The van der Waals surface area contributed by atoms with E-state index in [1.54, 1.807) is 24.5 Å². The molecule has 0 spiro atoms. The number of piperazine rings is 1. The molecule has 1 amide bonds. The zero-order valence-electron chi connectivity index (χ0n) is 14.2. The second-order valence-electron chi connectivity index (χ2n) is 6.22.